The number of fused-ring (bicyclic) bond motifs is 1. The fourth-order valence-corrected chi connectivity index (χ4v) is 2.52. The van der Waals surface area contributed by atoms with Crippen LogP contribution >= 0.6 is 0 Å². The van der Waals surface area contributed by atoms with Crippen molar-refractivity contribution < 1.29 is 14.8 Å². The molecule has 1 aromatic carbocycles. The summed E-state index contributed by atoms with van der Waals surface area (Å²) in [5.74, 6) is -0.941. The number of carboxylic acid groups (broad SMARTS) is 1. The number of nitrogens with zero attached hydrogens (tertiary/aromatic N) is 1. The first-order valence-electron chi connectivity index (χ1n) is 7.65. The van der Waals surface area contributed by atoms with Crippen LogP contribution in [0.2, 0.25) is 0 Å². The molecule has 22 heavy (non-hydrogen) atoms. The van der Waals surface area contributed by atoms with E-state index >= 15 is 0 Å². The van der Waals surface area contributed by atoms with Crippen molar-refractivity contribution in [3.05, 3.63) is 35.5 Å². The van der Waals surface area contributed by atoms with Gasteiger partial charge < -0.3 is 15.3 Å². The number of benzene rings is 1. The number of aromatic carboxylic acids is 1. The highest BCUT2D eigenvalue weighted by Crippen LogP contribution is 2.25. The fraction of sp³-hybridized carbons (Fsp3) is 0.412. The number of quaternary nitrogens is 1. The van der Waals surface area contributed by atoms with Crippen LogP contribution in [0.3, 0.4) is 0 Å². The van der Waals surface area contributed by atoms with Crippen LogP contribution in [0.25, 0.3) is 10.9 Å². The van der Waals surface area contributed by atoms with Gasteiger partial charge in [-0.2, -0.15) is 0 Å². The number of hydrogen-bond donors (Lipinski definition) is 3. The summed E-state index contributed by atoms with van der Waals surface area (Å²) in [4.78, 5) is 17.2. The Bertz CT molecular complexity index is 668. The van der Waals surface area contributed by atoms with E-state index in [-0.39, 0.29) is 5.56 Å². The van der Waals surface area contributed by atoms with Crippen LogP contribution in [0.4, 0.5) is 5.69 Å². The minimum atomic E-state index is -0.941. The van der Waals surface area contributed by atoms with Crippen molar-refractivity contribution in [3.8, 4) is 0 Å². The Hall–Kier alpha value is -2.14. The van der Waals surface area contributed by atoms with E-state index in [1.807, 2.05) is 19.1 Å². The molecule has 2 aromatic rings. The van der Waals surface area contributed by atoms with Gasteiger partial charge in [0.15, 0.2) is 0 Å². The zero-order chi connectivity index (χ0) is 16.1. The lowest BCUT2D eigenvalue weighted by Gasteiger charge is -2.12. The molecule has 0 radical (unpaired) electrons. The molecule has 0 atom stereocenters. The molecule has 0 aliphatic rings. The molecule has 0 unspecified atom stereocenters. The number of para-hydroxylation sites is 1. The number of carboxylic acids is 1. The lowest BCUT2D eigenvalue weighted by molar-refractivity contribution is -0.858. The molecule has 1 aromatic heterocycles. The second-order valence-electron chi connectivity index (χ2n) is 5.91. The average molecular weight is 302 g/mol. The summed E-state index contributed by atoms with van der Waals surface area (Å²) in [5.41, 5.74) is 2.58. The number of rotatable bonds is 7. The number of anilines is 1. The molecule has 0 saturated carbocycles. The monoisotopic (exact) mass is 302 g/mol. The molecule has 0 aliphatic carbocycles. The Morgan fingerprint density at radius 1 is 1.32 bits per heavy atom. The summed E-state index contributed by atoms with van der Waals surface area (Å²) in [7, 11) is 4.31. The zero-order valence-electron chi connectivity index (χ0n) is 13.4. The van der Waals surface area contributed by atoms with Crippen molar-refractivity contribution in [2.45, 2.75) is 19.8 Å². The number of aryl methyl sites for hydroxylation is 1. The van der Waals surface area contributed by atoms with E-state index in [2.05, 4.69) is 24.4 Å². The first-order chi connectivity index (χ1) is 10.5. The summed E-state index contributed by atoms with van der Waals surface area (Å²) in [5, 5.41) is 13.6. The minimum absolute atomic E-state index is 0.250. The lowest BCUT2D eigenvalue weighted by Crippen LogP contribution is -3.05. The topological polar surface area (TPSA) is 66.7 Å². The van der Waals surface area contributed by atoms with E-state index in [4.69, 9.17) is 0 Å². The number of carbonyl (C=O) groups is 1. The van der Waals surface area contributed by atoms with E-state index in [0.717, 1.165) is 42.7 Å². The Morgan fingerprint density at radius 2 is 2.09 bits per heavy atom. The summed E-state index contributed by atoms with van der Waals surface area (Å²) in [6.45, 7) is 3.92. The first kappa shape index (κ1) is 16.2. The molecule has 1 heterocycles. The zero-order valence-corrected chi connectivity index (χ0v) is 13.4. The molecular formula is C17H24N3O2+. The number of pyridine rings is 1. The number of aromatic nitrogens is 1. The van der Waals surface area contributed by atoms with Gasteiger partial charge in [0, 0.05) is 23.3 Å². The summed E-state index contributed by atoms with van der Waals surface area (Å²) < 4.78 is 0. The standard InChI is InChI=1S/C17H23N3O2/c1-12-11-15(18-9-4-5-10-20(2)3)13-7-6-8-14(17(21)22)16(13)19-12/h6-8,11H,4-5,9-10H2,1-3H3,(H,18,19)(H,21,22)/p+1. The van der Waals surface area contributed by atoms with Gasteiger partial charge in [-0.05, 0) is 31.9 Å². The molecular weight excluding hydrogens is 278 g/mol. The van der Waals surface area contributed by atoms with Crippen LogP contribution in [0.1, 0.15) is 28.9 Å². The van der Waals surface area contributed by atoms with E-state index in [9.17, 15) is 9.90 Å². The lowest BCUT2D eigenvalue weighted by atomic mass is 10.1. The van der Waals surface area contributed by atoms with Gasteiger partial charge in [0.05, 0.1) is 31.7 Å². The molecule has 0 spiro atoms. The summed E-state index contributed by atoms with van der Waals surface area (Å²) in [6, 6.07) is 7.26. The predicted octanol–water partition coefficient (Wildman–Crippen LogP) is 1.58. The Labute approximate surface area is 131 Å². The van der Waals surface area contributed by atoms with E-state index in [0.29, 0.717) is 5.52 Å². The third-order valence-electron chi connectivity index (χ3n) is 3.62. The smallest absolute Gasteiger partial charge is 0.337 e. The highest BCUT2D eigenvalue weighted by atomic mass is 16.4. The van der Waals surface area contributed by atoms with Crippen LogP contribution in [0.15, 0.2) is 24.3 Å². The molecule has 0 aliphatic heterocycles. The second kappa shape index (κ2) is 7.22. The first-order valence-corrected chi connectivity index (χ1v) is 7.65. The van der Waals surface area contributed by atoms with Gasteiger partial charge >= 0.3 is 5.97 Å². The van der Waals surface area contributed by atoms with Gasteiger partial charge in [-0.15, -0.1) is 0 Å². The van der Waals surface area contributed by atoms with Crippen molar-refractivity contribution in [2.75, 3.05) is 32.5 Å². The van der Waals surface area contributed by atoms with Gasteiger partial charge in [-0.25, -0.2) is 4.79 Å². The highest BCUT2D eigenvalue weighted by molar-refractivity contribution is 6.05. The van der Waals surface area contributed by atoms with Gasteiger partial charge in [-0.3, -0.25) is 4.98 Å². The maximum Gasteiger partial charge on any atom is 0.337 e. The van der Waals surface area contributed by atoms with E-state index < -0.39 is 5.97 Å². The Kier molecular flexibility index (Phi) is 5.33. The quantitative estimate of drug-likeness (QED) is 0.679. The second-order valence-corrected chi connectivity index (χ2v) is 5.91. The molecule has 0 fully saturated rings. The minimum Gasteiger partial charge on any atom is -0.478 e. The molecule has 2 rings (SSSR count). The molecule has 0 saturated heterocycles. The largest absolute Gasteiger partial charge is 0.478 e. The molecule has 5 nitrogen and oxygen atoms in total. The van der Waals surface area contributed by atoms with Crippen LogP contribution in [0, 0.1) is 6.92 Å². The van der Waals surface area contributed by atoms with E-state index in [1.165, 1.54) is 4.90 Å². The maximum absolute atomic E-state index is 11.3. The summed E-state index contributed by atoms with van der Waals surface area (Å²) >= 11 is 0. The maximum atomic E-state index is 11.3. The molecule has 0 amide bonds. The van der Waals surface area contributed by atoms with Crippen molar-refractivity contribution in [3.63, 3.8) is 0 Å². The van der Waals surface area contributed by atoms with Crippen LogP contribution in [-0.4, -0.2) is 43.2 Å². The number of nitrogens with one attached hydrogen (secondary N) is 2. The van der Waals surface area contributed by atoms with Crippen LogP contribution in [0.5, 0.6) is 0 Å². The van der Waals surface area contributed by atoms with Gasteiger partial charge in [0.1, 0.15) is 0 Å². The van der Waals surface area contributed by atoms with Crippen LogP contribution in [-0.2, 0) is 0 Å². The molecule has 5 heteroatoms. The average Bonchev–Trinajstić information content (AvgIpc) is 2.45. The molecule has 0 bridgehead atoms. The number of unbranched alkanes of at least 4 members (excludes halogenated alkanes) is 1. The predicted molar refractivity (Wildman–Crippen MR) is 88.8 cm³/mol. The SMILES string of the molecule is Cc1cc(NCCCC[NH+](C)C)c2cccc(C(=O)O)c2n1. The number of hydrogen-bond acceptors (Lipinski definition) is 3. The van der Waals surface area contributed by atoms with Crippen LogP contribution < -0.4 is 10.2 Å². The third kappa shape index (κ3) is 3.95. The van der Waals surface area contributed by atoms with Crippen molar-refractivity contribution >= 4 is 22.6 Å². The van der Waals surface area contributed by atoms with Gasteiger partial charge in [-0.1, -0.05) is 12.1 Å². The highest BCUT2D eigenvalue weighted by Gasteiger charge is 2.12. The Balaban J connectivity index is 2.19. The fourth-order valence-electron chi connectivity index (χ4n) is 2.52. The summed E-state index contributed by atoms with van der Waals surface area (Å²) in [6.07, 6.45) is 2.25. The van der Waals surface area contributed by atoms with Gasteiger partial charge in [0.25, 0.3) is 0 Å². The van der Waals surface area contributed by atoms with Crippen molar-refractivity contribution in [1.82, 2.24) is 4.98 Å². The van der Waals surface area contributed by atoms with E-state index in [1.54, 1.807) is 12.1 Å². The molecule has 118 valence electrons. The normalized spacial score (nSPS) is 11.1. The molecule has 3 N–H and O–H groups in total. The Morgan fingerprint density at radius 3 is 2.77 bits per heavy atom. The van der Waals surface area contributed by atoms with Gasteiger partial charge in [0.2, 0.25) is 0 Å². The third-order valence-corrected chi connectivity index (χ3v) is 3.62. The van der Waals surface area contributed by atoms with Crippen molar-refractivity contribution in [2.24, 2.45) is 0 Å². The van der Waals surface area contributed by atoms with Crippen molar-refractivity contribution in [1.29, 1.82) is 0 Å².